The molecule has 9 aromatic rings. The highest BCUT2D eigenvalue weighted by atomic mass is 16.3. The molecule has 4 nitrogen and oxygen atoms in total. The van der Waals surface area contributed by atoms with Gasteiger partial charge >= 0.3 is 0 Å². The minimum absolute atomic E-state index is 0.0318. The van der Waals surface area contributed by atoms with E-state index in [1.807, 2.05) is 109 Å². The first kappa shape index (κ1) is 32.6. The van der Waals surface area contributed by atoms with E-state index in [1.54, 1.807) is 24.4 Å². The molecular weight excluding hydrogens is 815 g/mol. The Bertz CT molecular complexity index is 3680. The number of phenolic OH excluding ortho intramolecular Hbond substituents is 1. The number of benzene rings is 7. The molecule has 0 amide bonds. The zero-order valence-electron chi connectivity index (χ0n) is 51.0. The fraction of sp³-hybridized carbons (Fsp3) is 0.238. The predicted molar refractivity (Wildman–Crippen MR) is 283 cm³/mol. The second-order valence-corrected chi connectivity index (χ2v) is 19.2. The average Bonchev–Trinajstić information content (AvgIpc) is 3.89. The molecule has 2 aromatic heterocycles. The van der Waals surface area contributed by atoms with Crippen molar-refractivity contribution in [1.29, 1.82) is 0 Å². The largest absolute Gasteiger partial charge is 0.507 e. The molecule has 0 fully saturated rings. The highest BCUT2D eigenvalue weighted by Crippen LogP contribution is 2.45. The third-order valence-electron chi connectivity index (χ3n) is 12.7. The van der Waals surface area contributed by atoms with Gasteiger partial charge in [-0.3, -0.25) is 9.55 Å². The third-order valence-corrected chi connectivity index (χ3v) is 12.7. The topological polar surface area (TPSA) is 50.9 Å². The van der Waals surface area contributed by atoms with Gasteiger partial charge in [0.2, 0.25) is 0 Å². The van der Waals surface area contributed by atoms with Crippen LogP contribution in [0.25, 0.3) is 83.9 Å². The van der Waals surface area contributed by atoms with Crippen LogP contribution in [0.2, 0.25) is 0 Å². The summed E-state index contributed by atoms with van der Waals surface area (Å²) in [5.74, 6) is 0.644. The summed E-state index contributed by atoms with van der Waals surface area (Å²) in [6.45, 7) is 2.18. The molecule has 2 heterocycles. The van der Waals surface area contributed by atoms with Crippen molar-refractivity contribution in [3.8, 4) is 78.6 Å². The molecule has 67 heavy (non-hydrogen) atoms. The number of phenols is 1. The standard InChI is InChI=1S/C63H63N3O/c1-39(2)46-36-53(40(3)4)60(67)55(37-46)61-65-59-52(18-15-19-58(59)66(61)57-29-20-41(5)32-54(57)44-23-27-51(28-24-44)63(9,10)11)48-33-47(42-16-13-12-14-17-42)34-49(35-48)56-38-45(30-31-64-56)43-21-25-50(26-22-43)62(6,7)8/h12-40,67H,1-11H3/i5D3,6D3,7D3,8D3. The molecule has 0 spiro atoms. The van der Waals surface area contributed by atoms with Gasteiger partial charge in [0, 0.05) is 39.3 Å². The summed E-state index contributed by atoms with van der Waals surface area (Å²) in [5, 5.41) is 12.4. The van der Waals surface area contributed by atoms with Crippen molar-refractivity contribution in [3.63, 3.8) is 0 Å². The van der Waals surface area contributed by atoms with Gasteiger partial charge < -0.3 is 5.11 Å². The first-order valence-corrected chi connectivity index (χ1v) is 22.8. The molecule has 7 aromatic carbocycles. The van der Waals surface area contributed by atoms with Crippen molar-refractivity contribution in [2.75, 3.05) is 0 Å². The fourth-order valence-corrected chi connectivity index (χ4v) is 8.90. The number of imidazole rings is 1. The molecular formula is C63H63N3O. The maximum atomic E-state index is 12.4. The van der Waals surface area contributed by atoms with Crippen LogP contribution in [0.4, 0.5) is 0 Å². The number of aromatic nitrogens is 3. The molecule has 0 aliphatic heterocycles. The summed E-state index contributed by atoms with van der Waals surface area (Å²) in [4.78, 5) is 10.4. The van der Waals surface area contributed by atoms with E-state index in [9.17, 15) is 5.11 Å². The predicted octanol–water partition coefficient (Wildman–Crippen LogP) is 17.3. The lowest BCUT2D eigenvalue weighted by Crippen LogP contribution is -2.10. The second kappa shape index (κ2) is 17.6. The van der Waals surface area contributed by atoms with Gasteiger partial charge in [0.1, 0.15) is 11.6 Å². The third kappa shape index (κ3) is 8.98. The van der Waals surface area contributed by atoms with E-state index in [0.29, 0.717) is 50.5 Å². The Kier molecular flexibility index (Phi) is 8.58. The Labute approximate surface area is 414 Å². The summed E-state index contributed by atoms with van der Waals surface area (Å²) in [7, 11) is 0. The van der Waals surface area contributed by atoms with E-state index in [-0.39, 0.29) is 34.1 Å². The van der Waals surface area contributed by atoms with Gasteiger partial charge in [-0.15, -0.1) is 0 Å². The maximum Gasteiger partial charge on any atom is 0.149 e. The molecule has 0 unspecified atom stereocenters. The molecule has 9 rings (SSSR count). The number of fused-ring (bicyclic) bond motifs is 1. The Morgan fingerprint density at radius 3 is 1.88 bits per heavy atom. The lowest BCUT2D eigenvalue weighted by atomic mass is 9.86. The van der Waals surface area contributed by atoms with Crippen LogP contribution in [0, 0.1) is 6.85 Å². The van der Waals surface area contributed by atoms with Crippen molar-refractivity contribution in [1.82, 2.24) is 14.5 Å². The molecule has 0 bridgehead atoms. The Morgan fingerprint density at radius 1 is 0.537 bits per heavy atom. The molecule has 0 radical (unpaired) electrons. The van der Waals surface area contributed by atoms with Crippen molar-refractivity contribution < 1.29 is 21.6 Å². The van der Waals surface area contributed by atoms with Gasteiger partial charge in [-0.25, -0.2) is 4.98 Å². The normalized spacial score (nSPS) is 15.5. The smallest absolute Gasteiger partial charge is 0.149 e. The average molecular weight is 890 g/mol. The van der Waals surface area contributed by atoms with Crippen LogP contribution < -0.4 is 0 Å². The molecule has 0 saturated heterocycles. The molecule has 0 aliphatic carbocycles. The minimum atomic E-state index is -3.40. The number of aryl methyl sites for hydroxylation is 1. The van der Waals surface area contributed by atoms with Crippen molar-refractivity contribution >= 4 is 11.0 Å². The number of hydrogen-bond donors (Lipinski definition) is 1. The SMILES string of the molecule is [2H]C([2H])([2H])c1ccc(-n2c(-c3cc(C(C)C)cc(C(C)C)c3O)nc3c(-c4cc(-c5ccccc5)cc(-c5cc(-c6ccc(C(C([2H])([2H])[2H])(C([2H])([2H])[2H])C([2H])([2H])[2H])cc6)ccn5)c4)cccc32)c(-c2ccc(C(C)(C)C)cc2)c1. The lowest BCUT2D eigenvalue weighted by Gasteiger charge is -2.21. The van der Waals surface area contributed by atoms with Crippen LogP contribution in [0.15, 0.2) is 164 Å². The van der Waals surface area contributed by atoms with Crippen LogP contribution in [0.5, 0.6) is 5.75 Å². The number of hydrogen-bond acceptors (Lipinski definition) is 3. The van der Waals surface area contributed by atoms with E-state index >= 15 is 0 Å². The molecule has 1 N–H and O–H groups in total. The zero-order chi connectivity index (χ0) is 57.4. The Hall–Kier alpha value is -7.04. The number of aromatic hydroxyl groups is 1. The van der Waals surface area contributed by atoms with Crippen LogP contribution in [0.3, 0.4) is 0 Å². The van der Waals surface area contributed by atoms with Crippen molar-refractivity contribution in [2.45, 2.75) is 98.5 Å². The minimum Gasteiger partial charge on any atom is -0.507 e. The summed E-state index contributed by atoms with van der Waals surface area (Å²) in [5.41, 5.74) is 9.42. The van der Waals surface area contributed by atoms with E-state index in [2.05, 4.69) is 58.9 Å². The number of rotatable bonds is 9. The molecule has 0 aliphatic rings. The van der Waals surface area contributed by atoms with Crippen LogP contribution >= 0.6 is 0 Å². The monoisotopic (exact) mass is 890 g/mol. The van der Waals surface area contributed by atoms with Crippen LogP contribution in [0.1, 0.15) is 125 Å². The van der Waals surface area contributed by atoms with Gasteiger partial charge in [-0.05, 0) is 140 Å². The lowest BCUT2D eigenvalue weighted by molar-refractivity contribution is 0.466. The molecule has 0 saturated carbocycles. The number of para-hydroxylation sites is 1. The van der Waals surface area contributed by atoms with Crippen molar-refractivity contribution in [3.05, 3.63) is 192 Å². The van der Waals surface area contributed by atoms with Gasteiger partial charge in [0.05, 0.1) is 28.0 Å². The summed E-state index contributed by atoms with van der Waals surface area (Å²) < 4.78 is 102. The van der Waals surface area contributed by atoms with Crippen LogP contribution in [-0.2, 0) is 10.8 Å². The highest BCUT2D eigenvalue weighted by molar-refractivity contribution is 5.98. The molecule has 336 valence electrons. The van der Waals surface area contributed by atoms with E-state index < -0.39 is 32.8 Å². The van der Waals surface area contributed by atoms with Crippen LogP contribution in [-0.4, -0.2) is 19.6 Å². The van der Waals surface area contributed by atoms with Crippen molar-refractivity contribution in [2.24, 2.45) is 0 Å². The quantitative estimate of drug-likeness (QED) is 0.157. The van der Waals surface area contributed by atoms with Gasteiger partial charge in [0.15, 0.2) is 0 Å². The second-order valence-electron chi connectivity index (χ2n) is 19.2. The Balaban J connectivity index is 1.29. The molecule has 4 heteroatoms. The van der Waals surface area contributed by atoms with E-state index in [0.717, 1.165) is 50.1 Å². The van der Waals surface area contributed by atoms with Gasteiger partial charge in [0.25, 0.3) is 0 Å². The summed E-state index contributed by atoms with van der Waals surface area (Å²) in [6.07, 6.45) is 1.65. The highest BCUT2D eigenvalue weighted by Gasteiger charge is 2.26. The number of nitrogens with zero attached hydrogens (tertiary/aromatic N) is 3. The first-order valence-electron chi connectivity index (χ1n) is 28.8. The zero-order valence-corrected chi connectivity index (χ0v) is 39.0. The first-order chi connectivity index (χ1) is 36.9. The van der Waals surface area contributed by atoms with Gasteiger partial charge in [-0.2, -0.15) is 0 Å². The van der Waals surface area contributed by atoms with E-state index in [1.165, 1.54) is 24.3 Å². The summed E-state index contributed by atoms with van der Waals surface area (Å²) >= 11 is 0. The summed E-state index contributed by atoms with van der Waals surface area (Å²) in [6, 6.07) is 48.8. The van der Waals surface area contributed by atoms with Gasteiger partial charge in [-0.1, -0.05) is 178 Å². The molecule has 0 atom stereocenters. The van der Waals surface area contributed by atoms with E-state index in [4.69, 9.17) is 26.4 Å². The fourth-order valence-electron chi connectivity index (χ4n) is 8.90. The maximum absolute atomic E-state index is 12.4. The Morgan fingerprint density at radius 2 is 1.21 bits per heavy atom. The number of pyridine rings is 1.